The minimum atomic E-state index is -4.06. The average molecular weight is 416 g/mol. The number of nitro benzene ring substituents is 1. The molecule has 2 rings (SSSR count). The van der Waals surface area contributed by atoms with Crippen LogP contribution in [0.5, 0.6) is 0 Å². The number of rotatable bonds is 5. The summed E-state index contributed by atoms with van der Waals surface area (Å²) in [5.41, 5.74) is -0.920. The second-order valence-electron chi connectivity index (χ2n) is 7.28. The van der Waals surface area contributed by atoms with Crippen LogP contribution in [0.4, 0.5) is 16.2 Å². The Morgan fingerprint density at radius 3 is 2.71 bits per heavy atom. The highest BCUT2D eigenvalue weighted by molar-refractivity contribution is 7.89. The zero-order chi connectivity index (χ0) is 21.1. The van der Waals surface area contributed by atoms with Crippen molar-refractivity contribution in [2.45, 2.75) is 37.4 Å². The van der Waals surface area contributed by atoms with Crippen LogP contribution in [0, 0.1) is 10.1 Å². The first-order valence-corrected chi connectivity index (χ1v) is 10.1. The van der Waals surface area contributed by atoms with Crippen LogP contribution in [0.25, 0.3) is 0 Å². The molecule has 0 unspecified atom stereocenters. The lowest BCUT2D eigenvalue weighted by Gasteiger charge is -2.34. The number of carbonyl (C=O) groups excluding carboxylic acids is 1. The van der Waals surface area contributed by atoms with Crippen molar-refractivity contribution in [1.82, 2.24) is 4.90 Å². The molecule has 1 amide bonds. The van der Waals surface area contributed by atoms with Crippen LogP contribution in [0.1, 0.15) is 20.8 Å². The van der Waals surface area contributed by atoms with E-state index < -0.39 is 38.4 Å². The summed E-state index contributed by atoms with van der Waals surface area (Å²) >= 11 is 0. The number of anilines is 1. The summed E-state index contributed by atoms with van der Waals surface area (Å²) in [5, 5.41) is 19.1. The van der Waals surface area contributed by atoms with Crippen molar-refractivity contribution in [3.63, 3.8) is 0 Å². The normalized spacial score (nSPS) is 17.9. The molecule has 0 spiro atoms. The van der Waals surface area contributed by atoms with Gasteiger partial charge in [0.15, 0.2) is 0 Å². The number of benzene rings is 1. The Balaban J connectivity index is 2.05. The highest BCUT2D eigenvalue weighted by atomic mass is 32.2. The van der Waals surface area contributed by atoms with Gasteiger partial charge in [-0.3, -0.25) is 10.1 Å². The fourth-order valence-electron chi connectivity index (χ4n) is 2.55. The van der Waals surface area contributed by atoms with Crippen molar-refractivity contribution in [2.24, 2.45) is 5.14 Å². The third kappa shape index (κ3) is 6.04. The summed E-state index contributed by atoms with van der Waals surface area (Å²) in [6, 6.07) is 3.35. The number of nitrogens with one attached hydrogen (secondary N) is 1. The average Bonchev–Trinajstić information content (AvgIpc) is 2.57. The number of primary sulfonamides is 1. The first-order chi connectivity index (χ1) is 12.9. The summed E-state index contributed by atoms with van der Waals surface area (Å²) in [6.07, 6.45) is -0.872. The maximum Gasteiger partial charge on any atom is 0.410 e. The Morgan fingerprint density at radius 2 is 2.14 bits per heavy atom. The van der Waals surface area contributed by atoms with E-state index in [1.807, 2.05) is 0 Å². The lowest BCUT2D eigenvalue weighted by Crippen LogP contribution is -2.49. The molecule has 0 aliphatic carbocycles. The van der Waals surface area contributed by atoms with Gasteiger partial charge in [-0.05, 0) is 32.9 Å². The molecular weight excluding hydrogens is 392 g/mol. The van der Waals surface area contributed by atoms with Gasteiger partial charge in [0.1, 0.15) is 11.3 Å². The lowest BCUT2D eigenvalue weighted by molar-refractivity contribution is -0.384. The minimum Gasteiger partial charge on any atom is -0.444 e. The van der Waals surface area contributed by atoms with E-state index in [2.05, 4.69) is 5.32 Å². The van der Waals surface area contributed by atoms with Crippen molar-refractivity contribution in [3.8, 4) is 0 Å². The van der Waals surface area contributed by atoms with Gasteiger partial charge in [0.25, 0.3) is 5.69 Å². The summed E-state index contributed by atoms with van der Waals surface area (Å²) < 4.78 is 33.7. The number of nitrogens with two attached hydrogens (primary N) is 1. The predicted octanol–water partition coefficient (Wildman–Crippen LogP) is 1.29. The maximum absolute atomic E-state index is 12.2. The first kappa shape index (κ1) is 21.9. The molecule has 1 aliphatic heterocycles. The molecule has 156 valence electrons. The third-order valence-corrected chi connectivity index (χ3v) is 4.72. The number of amides is 1. The minimum absolute atomic E-state index is 0.121. The van der Waals surface area contributed by atoms with Gasteiger partial charge in [-0.2, -0.15) is 0 Å². The zero-order valence-corrected chi connectivity index (χ0v) is 16.7. The van der Waals surface area contributed by atoms with Crippen molar-refractivity contribution in [1.29, 1.82) is 0 Å². The highest BCUT2D eigenvalue weighted by Crippen LogP contribution is 2.27. The van der Waals surface area contributed by atoms with Crippen molar-refractivity contribution in [2.75, 3.05) is 31.6 Å². The Hall–Kier alpha value is -2.44. The number of hydrogen-bond acceptors (Lipinski definition) is 8. The molecule has 0 bridgehead atoms. The molecule has 1 aromatic carbocycles. The molecule has 28 heavy (non-hydrogen) atoms. The number of nitro groups is 1. The first-order valence-electron chi connectivity index (χ1n) is 8.51. The van der Waals surface area contributed by atoms with Crippen LogP contribution in [0.15, 0.2) is 23.1 Å². The van der Waals surface area contributed by atoms with Crippen LogP contribution in [-0.4, -0.2) is 62.3 Å². The molecule has 1 aromatic rings. The Bertz CT molecular complexity index is 851. The summed E-state index contributed by atoms with van der Waals surface area (Å²) in [7, 11) is -4.06. The number of sulfonamides is 1. The van der Waals surface area contributed by atoms with E-state index in [9.17, 15) is 23.3 Å². The fourth-order valence-corrected chi connectivity index (χ4v) is 3.08. The number of carbonyl (C=O) groups is 1. The number of nitrogens with zero attached hydrogens (tertiary/aromatic N) is 2. The van der Waals surface area contributed by atoms with Gasteiger partial charge in [0.2, 0.25) is 10.0 Å². The highest BCUT2D eigenvalue weighted by Gasteiger charge is 2.28. The van der Waals surface area contributed by atoms with Gasteiger partial charge in [-0.25, -0.2) is 18.4 Å². The molecule has 3 N–H and O–H groups in total. The maximum atomic E-state index is 12.2. The van der Waals surface area contributed by atoms with E-state index in [0.717, 1.165) is 6.07 Å². The van der Waals surface area contributed by atoms with E-state index in [4.69, 9.17) is 14.6 Å². The topological polar surface area (TPSA) is 154 Å². The summed E-state index contributed by atoms with van der Waals surface area (Å²) in [4.78, 5) is 23.9. The number of ether oxygens (including phenoxy) is 2. The molecule has 1 saturated heterocycles. The van der Waals surface area contributed by atoms with E-state index >= 15 is 0 Å². The van der Waals surface area contributed by atoms with Crippen LogP contribution in [0.2, 0.25) is 0 Å². The van der Waals surface area contributed by atoms with Gasteiger partial charge in [0, 0.05) is 19.2 Å². The molecule has 1 fully saturated rings. The van der Waals surface area contributed by atoms with Crippen molar-refractivity contribution >= 4 is 27.5 Å². The monoisotopic (exact) mass is 416 g/mol. The van der Waals surface area contributed by atoms with Gasteiger partial charge >= 0.3 is 6.09 Å². The van der Waals surface area contributed by atoms with E-state index in [0.29, 0.717) is 13.2 Å². The van der Waals surface area contributed by atoms with Gasteiger partial charge in [0.05, 0.1) is 29.1 Å². The fraction of sp³-hybridized carbons (Fsp3) is 0.562. The molecular formula is C16H24N4O7S. The Kier molecular flexibility index (Phi) is 6.47. The predicted molar refractivity (Wildman–Crippen MR) is 101 cm³/mol. The second kappa shape index (κ2) is 8.29. The van der Waals surface area contributed by atoms with Crippen molar-refractivity contribution < 1.29 is 27.6 Å². The summed E-state index contributed by atoms with van der Waals surface area (Å²) in [6.45, 7) is 6.44. The largest absolute Gasteiger partial charge is 0.444 e. The molecule has 12 heteroatoms. The van der Waals surface area contributed by atoms with Gasteiger partial charge < -0.3 is 19.7 Å². The van der Waals surface area contributed by atoms with E-state index in [1.165, 1.54) is 17.0 Å². The molecule has 11 nitrogen and oxygen atoms in total. The number of morpholine rings is 1. The lowest BCUT2D eigenvalue weighted by atomic mass is 10.2. The SMILES string of the molecule is CC(C)(C)OC(=O)N1CCO[C@H](CNc2ccc(S(N)(=O)=O)cc2[N+](=O)[O-])C1. The molecule has 1 heterocycles. The molecule has 1 aliphatic rings. The van der Waals surface area contributed by atoms with Gasteiger partial charge in [-0.15, -0.1) is 0 Å². The summed E-state index contributed by atoms with van der Waals surface area (Å²) in [5.74, 6) is 0. The molecule has 0 saturated carbocycles. The second-order valence-corrected chi connectivity index (χ2v) is 8.84. The van der Waals surface area contributed by atoms with Crippen LogP contribution in [-0.2, 0) is 19.5 Å². The molecule has 0 radical (unpaired) electrons. The standard InChI is InChI=1S/C16H24N4O7S/c1-16(2,3)27-15(21)19-6-7-26-11(10-19)9-18-13-5-4-12(28(17,24)25)8-14(13)20(22)23/h4-5,8,11,18H,6-7,9-10H2,1-3H3,(H2,17,24,25)/t11-/m1/s1. The van der Waals surface area contributed by atoms with E-state index in [-0.39, 0.29) is 23.7 Å². The van der Waals surface area contributed by atoms with Crippen LogP contribution < -0.4 is 10.5 Å². The molecule has 1 atom stereocenters. The van der Waals surface area contributed by atoms with Gasteiger partial charge in [-0.1, -0.05) is 0 Å². The Labute approximate surface area is 163 Å². The molecule has 0 aromatic heterocycles. The Morgan fingerprint density at radius 1 is 1.46 bits per heavy atom. The number of hydrogen-bond donors (Lipinski definition) is 2. The third-order valence-electron chi connectivity index (χ3n) is 3.81. The van der Waals surface area contributed by atoms with Crippen molar-refractivity contribution in [3.05, 3.63) is 28.3 Å². The smallest absolute Gasteiger partial charge is 0.410 e. The zero-order valence-electron chi connectivity index (χ0n) is 15.9. The van der Waals surface area contributed by atoms with Crippen LogP contribution in [0.3, 0.4) is 0 Å². The quantitative estimate of drug-likeness (QED) is 0.537. The van der Waals surface area contributed by atoms with Crippen LogP contribution >= 0.6 is 0 Å². The van der Waals surface area contributed by atoms with E-state index in [1.54, 1.807) is 20.8 Å².